The highest BCUT2D eigenvalue weighted by Gasteiger charge is 2.44. The van der Waals surface area contributed by atoms with Gasteiger partial charge in [-0.15, -0.1) is 0 Å². The fraction of sp³-hybridized carbons (Fsp3) is 0.333. The number of amides is 1. The van der Waals surface area contributed by atoms with Crippen molar-refractivity contribution in [3.63, 3.8) is 0 Å². The maximum Gasteiger partial charge on any atom is 0.338 e. The van der Waals surface area contributed by atoms with Crippen LogP contribution in [0.4, 0.5) is 4.39 Å². The van der Waals surface area contributed by atoms with Gasteiger partial charge in [-0.25, -0.2) is 9.18 Å². The third kappa shape index (κ3) is 3.96. The summed E-state index contributed by atoms with van der Waals surface area (Å²) in [6.07, 6.45) is 0.119. The van der Waals surface area contributed by atoms with Gasteiger partial charge < -0.3 is 14.1 Å². The second kappa shape index (κ2) is 7.98. The molecule has 8 heteroatoms. The van der Waals surface area contributed by atoms with Crippen molar-refractivity contribution in [3.05, 3.63) is 58.8 Å². The number of hydrogen-bond acceptors (Lipinski definition) is 6. The van der Waals surface area contributed by atoms with Gasteiger partial charge >= 0.3 is 5.97 Å². The molecule has 1 aromatic carbocycles. The highest BCUT2D eigenvalue weighted by molar-refractivity contribution is 6.43. The summed E-state index contributed by atoms with van der Waals surface area (Å²) < 4.78 is 23.7. The molecule has 1 aromatic heterocycles. The summed E-state index contributed by atoms with van der Waals surface area (Å²) in [5.74, 6) is -4.03. The first-order valence-corrected chi connectivity index (χ1v) is 9.07. The van der Waals surface area contributed by atoms with E-state index in [1.807, 2.05) is 0 Å². The lowest BCUT2D eigenvalue weighted by molar-refractivity contribution is -0.141. The van der Waals surface area contributed by atoms with Crippen LogP contribution in [-0.2, 0) is 20.7 Å². The van der Waals surface area contributed by atoms with Gasteiger partial charge in [-0.2, -0.15) is 0 Å². The summed E-state index contributed by atoms with van der Waals surface area (Å²) in [4.78, 5) is 50.1. The lowest BCUT2D eigenvalue weighted by atomic mass is 10.0. The molecule has 1 saturated heterocycles. The molecular weight excluding hydrogens is 381 g/mol. The number of esters is 1. The predicted molar refractivity (Wildman–Crippen MR) is 98.9 cm³/mol. The van der Waals surface area contributed by atoms with Crippen molar-refractivity contribution in [2.75, 3.05) is 13.7 Å². The summed E-state index contributed by atoms with van der Waals surface area (Å²) in [5.41, 5.74) is 0.519. The number of likely N-dealkylation sites (tertiary alicyclic amines) is 1. The van der Waals surface area contributed by atoms with E-state index in [0.29, 0.717) is 11.3 Å². The molecule has 1 fully saturated rings. The average molecular weight is 401 g/mol. The quantitative estimate of drug-likeness (QED) is 0.319. The molecule has 1 amide bonds. The van der Waals surface area contributed by atoms with Gasteiger partial charge in [-0.05, 0) is 43.7 Å². The Hall–Kier alpha value is -3.29. The molecular formula is C21H20FNO6. The third-order valence-electron chi connectivity index (χ3n) is 4.85. The van der Waals surface area contributed by atoms with E-state index >= 15 is 0 Å². The Kier molecular flexibility index (Phi) is 5.63. The van der Waals surface area contributed by atoms with Crippen LogP contribution in [-0.4, -0.2) is 48.0 Å². The molecule has 1 unspecified atom stereocenters. The van der Waals surface area contributed by atoms with Gasteiger partial charge in [0.15, 0.2) is 5.76 Å². The Bertz CT molecular complexity index is 993. The number of halogens is 1. The SMILES string of the molecule is COC(=O)c1cc(F)ccc1Cc1ccc(C(=O)C2CN(C(C)C)C(=O)C2=O)o1. The molecule has 2 aromatic rings. The number of hydrogen-bond donors (Lipinski definition) is 0. The molecule has 0 spiro atoms. The third-order valence-corrected chi connectivity index (χ3v) is 4.85. The Morgan fingerprint density at radius 3 is 2.59 bits per heavy atom. The average Bonchev–Trinajstić information content (AvgIpc) is 3.27. The lowest BCUT2D eigenvalue weighted by Gasteiger charge is -2.19. The van der Waals surface area contributed by atoms with Gasteiger partial charge in [0.1, 0.15) is 17.5 Å². The Morgan fingerprint density at radius 1 is 1.24 bits per heavy atom. The minimum Gasteiger partial charge on any atom is -0.465 e. The molecule has 0 radical (unpaired) electrons. The number of carbonyl (C=O) groups excluding carboxylic acids is 4. The maximum absolute atomic E-state index is 13.5. The number of furan rings is 1. The fourth-order valence-corrected chi connectivity index (χ4v) is 3.27. The van der Waals surface area contributed by atoms with Crippen molar-refractivity contribution in [2.24, 2.45) is 5.92 Å². The predicted octanol–water partition coefficient (Wildman–Crippen LogP) is 2.41. The molecule has 0 aliphatic carbocycles. The molecule has 7 nitrogen and oxygen atoms in total. The van der Waals surface area contributed by atoms with Crippen LogP contribution in [0.25, 0.3) is 0 Å². The van der Waals surface area contributed by atoms with Gasteiger partial charge in [-0.3, -0.25) is 14.4 Å². The maximum atomic E-state index is 13.5. The van der Waals surface area contributed by atoms with Crippen LogP contribution in [0.15, 0.2) is 34.7 Å². The second-order valence-corrected chi connectivity index (χ2v) is 7.07. The van der Waals surface area contributed by atoms with Crippen LogP contribution in [0.2, 0.25) is 0 Å². The van der Waals surface area contributed by atoms with Crippen molar-refractivity contribution in [2.45, 2.75) is 26.3 Å². The zero-order valence-electron chi connectivity index (χ0n) is 16.2. The van der Waals surface area contributed by atoms with Crippen molar-refractivity contribution >= 4 is 23.4 Å². The minimum atomic E-state index is -1.10. The normalized spacial score (nSPS) is 16.6. The first kappa shape index (κ1) is 20.4. The van der Waals surface area contributed by atoms with Crippen LogP contribution in [0, 0.1) is 11.7 Å². The zero-order chi connectivity index (χ0) is 21.3. The largest absolute Gasteiger partial charge is 0.465 e. The smallest absolute Gasteiger partial charge is 0.338 e. The Labute approximate surface area is 166 Å². The Morgan fingerprint density at radius 2 is 1.97 bits per heavy atom. The molecule has 1 aliphatic rings. The van der Waals surface area contributed by atoms with Gasteiger partial charge in [0.2, 0.25) is 11.6 Å². The number of nitrogens with zero attached hydrogens (tertiary/aromatic N) is 1. The highest BCUT2D eigenvalue weighted by atomic mass is 19.1. The van der Waals surface area contributed by atoms with Crippen molar-refractivity contribution in [1.29, 1.82) is 0 Å². The van der Waals surface area contributed by atoms with Crippen molar-refractivity contribution < 1.29 is 32.7 Å². The van der Waals surface area contributed by atoms with Crippen molar-refractivity contribution in [3.8, 4) is 0 Å². The number of ketones is 2. The first-order valence-electron chi connectivity index (χ1n) is 9.07. The van der Waals surface area contributed by atoms with E-state index < -0.39 is 35.2 Å². The van der Waals surface area contributed by atoms with E-state index in [9.17, 15) is 23.6 Å². The molecule has 2 heterocycles. The number of rotatable bonds is 6. The van der Waals surface area contributed by atoms with Crippen LogP contribution in [0.5, 0.6) is 0 Å². The van der Waals surface area contributed by atoms with Gasteiger partial charge in [0.25, 0.3) is 5.91 Å². The number of carbonyl (C=O) groups is 4. The summed E-state index contributed by atoms with van der Waals surface area (Å²) >= 11 is 0. The molecule has 29 heavy (non-hydrogen) atoms. The summed E-state index contributed by atoms with van der Waals surface area (Å²) in [5, 5.41) is 0. The van der Waals surface area contributed by atoms with Crippen LogP contribution in [0.1, 0.15) is 46.1 Å². The van der Waals surface area contributed by atoms with Crippen LogP contribution < -0.4 is 0 Å². The van der Waals surface area contributed by atoms with Crippen molar-refractivity contribution in [1.82, 2.24) is 4.90 Å². The van der Waals surface area contributed by atoms with E-state index in [1.165, 1.54) is 30.2 Å². The second-order valence-electron chi connectivity index (χ2n) is 7.07. The Balaban J connectivity index is 1.80. The highest BCUT2D eigenvalue weighted by Crippen LogP contribution is 2.24. The van der Waals surface area contributed by atoms with Crippen LogP contribution >= 0.6 is 0 Å². The lowest BCUT2D eigenvalue weighted by Crippen LogP contribution is -2.33. The van der Waals surface area contributed by atoms with E-state index in [1.54, 1.807) is 19.9 Å². The van der Waals surface area contributed by atoms with E-state index in [-0.39, 0.29) is 30.3 Å². The monoisotopic (exact) mass is 401 g/mol. The van der Waals surface area contributed by atoms with E-state index in [4.69, 9.17) is 4.42 Å². The molecule has 0 saturated carbocycles. The molecule has 1 atom stereocenters. The topological polar surface area (TPSA) is 93.9 Å². The van der Waals surface area contributed by atoms with Gasteiger partial charge in [-0.1, -0.05) is 6.07 Å². The number of methoxy groups -OCH3 is 1. The number of ether oxygens (including phenoxy) is 1. The molecule has 0 N–H and O–H groups in total. The van der Waals surface area contributed by atoms with Crippen LogP contribution in [0.3, 0.4) is 0 Å². The van der Waals surface area contributed by atoms with Gasteiger partial charge in [0.05, 0.1) is 12.7 Å². The zero-order valence-corrected chi connectivity index (χ0v) is 16.2. The first-order chi connectivity index (χ1) is 13.7. The molecule has 152 valence electrons. The standard InChI is InChI=1S/C21H20FNO6/c1-11(2)23-10-16(19(25)20(23)26)18(24)17-7-6-14(29-17)8-12-4-5-13(22)9-15(12)21(27)28-3/h4-7,9,11,16H,8,10H2,1-3H3. The minimum absolute atomic E-state index is 0.0225. The van der Waals surface area contributed by atoms with E-state index in [2.05, 4.69) is 4.74 Å². The molecule has 3 rings (SSSR count). The fourth-order valence-electron chi connectivity index (χ4n) is 3.27. The molecule has 1 aliphatic heterocycles. The summed E-state index contributed by atoms with van der Waals surface area (Å²) in [6.45, 7) is 3.56. The summed E-state index contributed by atoms with van der Waals surface area (Å²) in [7, 11) is 1.20. The number of benzene rings is 1. The summed E-state index contributed by atoms with van der Waals surface area (Å²) in [6, 6.07) is 6.49. The van der Waals surface area contributed by atoms with Gasteiger partial charge in [0, 0.05) is 19.0 Å². The molecule has 0 bridgehead atoms. The number of Topliss-reactive ketones (excluding diaryl/α,β-unsaturated/α-hetero) is 2. The van der Waals surface area contributed by atoms with E-state index in [0.717, 1.165) is 6.07 Å².